The molecule has 0 spiro atoms. The van der Waals surface area contributed by atoms with Crippen LogP contribution in [0.5, 0.6) is 0 Å². The molecule has 0 saturated carbocycles. The number of unbranched alkanes of at least 4 members (excludes halogenated alkanes) is 22. The molecule has 0 bridgehead atoms. The second-order valence-electron chi connectivity index (χ2n) is 15.5. The van der Waals surface area contributed by atoms with Crippen molar-refractivity contribution in [2.75, 3.05) is 20.1 Å². The van der Waals surface area contributed by atoms with Crippen LogP contribution in [0.2, 0.25) is 0 Å². The fourth-order valence-electron chi connectivity index (χ4n) is 7.56. The van der Waals surface area contributed by atoms with Gasteiger partial charge >= 0.3 is 0 Å². The van der Waals surface area contributed by atoms with E-state index in [2.05, 4.69) is 74.4 Å². The first kappa shape index (κ1) is 44.0. The maximum atomic E-state index is 6.73. The molecule has 0 N–H and O–H groups in total. The lowest BCUT2D eigenvalue weighted by atomic mass is 9.98. The molecule has 2 rings (SSSR count). The first-order valence-electron chi connectivity index (χ1n) is 21.8. The Bertz CT molecular complexity index is 776. The van der Waals surface area contributed by atoms with E-state index in [1.807, 2.05) is 0 Å². The van der Waals surface area contributed by atoms with Crippen molar-refractivity contribution < 1.29 is 9.47 Å². The third-order valence-corrected chi connectivity index (χ3v) is 10.6. The van der Waals surface area contributed by atoms with Crippen LogP contribution in [0.3, 0.4) is 0 Å². The maximum absolute atomic E-state index is 6.73. The Morgan fingerprint density at radius 2 is 0.735 bits per heavy atom. The molecule has 49 heavy (non-hydrogen) atoms. The second-order valence-corrected chi connectivity index (χ2v) is 15.5. The van der Waals surface area contributed by atoms with E-state index in [0.29, 0.717) is 0 Å². The molecular formula is C46H83NO2. The summed E-state index contributed by atoms with van der Waals surface area (Å²) in [7, 11) is 2.20. The van der Waals surface area contributed by atoms with E-state index in [-0.39, 0.29) is 18.0 Å². The zero-order chi connectivity index (χ0) is 34.9. The van der Waals surface area contributed by atoms with E-state index < -0.39 is 0 Å². The number of nitrogens with zero attached hydrogens (tertiary/aromatic N) is 1. The van der Waals surface area contributed by atoms with Crippen LogP contribution in [0.4, 0.5) is 0 Å². The minimum Gasteiger partial charge on any atom is -0.343 e. The van der Waals surface area contributed by atoms with Gasteiger partial charge in [0.2, 0.25) is 0 Å². The maximum Gasteiger partial charge on any atom is 0.169 e. The summed E-state index contributed by atoms with van der Waals surface area (Å²) in [5.41, 5.74) is 0. The summed E-state index contributed by atoms with van der Waals surface area (Å²) in [6.45, 7) is 6.61. The van der Waals surface area contributed by atoms with Gasteiger partial charge in [0.25, 0.3) is 0 Å². The number of likely N-dealkylation sites (N-methyl/N-ethyl adjacent to an activating group) is 1. The lowest BCUT2D eigenvalue weighted by Gasteiger charge is -2.30. The fraction of sp³-hybridized carbons (Fsp3) is 0.826. The first-order chi connectivity index (χ1) is 24.2. The summed E-state index contributed by atoms with van der Waals surface area (Å²) < 4.78 is 13.5. The lowest BCUT2D eigenvalue weighted by molar-refractivity contribution is -0.193. The van der Waals surface area contributed by atoms with Crippen LogP contribution in [-0.2, 0) is 9.47 Å². The predicted octanol–water partition coefficient (Wildman–Crippen LogP) is 14.4. The number of hydrogen-bond donors (Lipinski definition) is 0. The van der Waals surface area contributed by atoms with Crippen LogP contribution in [-0.4, -0.2) is 43.0 Å². The molecule has 0 aliphatic carbocycles. The monoisotopic (exact) mass is 682 g/mol. The van der Waals surface area contributed by atoms with Crippen molar-refractivity contribution in [1.29, 1.82) is 0 Å². The Kier molecular flexibility index (Phi) is 28.3. The van der Waals surface area contributed by atoms with E-state index >= 15 is 0 Å². The Balaban J connectivity index is 1.45. The van der Waals surface area contributed by atoms with E-state index in [9.17, 15) is 0 Å². The minimum atomic E-state index is -0.298. The average molecular weight is 682 g/mol. The van der Waals surface area contributed by atoms with Gasteiger partial charge in [-0.2, -0.15) is 0 Å². The molecule has 2 aliphatic heterocycles. The van der Waals surface area contributed by atoms with Gasteiger partial charge in [-0.05, 0) is 84.1 Å². The molecule has 0 aromatic rings. The highest BCUT2D eigenvalue weighted by Crippen LogP contribution is 2.40. The third kappa shape index (κ3) is 23.8. The minimum absolute atomic E-state index is 0.286. The fourth-order valence-corrected chi connectivity index (χ4v) is 7.56. The number of fused-ring (bicyclic) bond motifs is 1. The summed E-state index contributed by atoms with van der Waals surface area (Å²) >= 11 is 0. The summed E-state index contributed by atoms with van der Waals surface area (Å²) in [6.07, 6.45) is 58.6. The molecule has 284 valence electrons. The van der Waals surface area contributed by atoms with E-state index in [4.69, 9.17) is 9.47 Å². The highest BCUT2D eigenvalue weighted by atomic mass is 16.8. The highest BCUT2D eigenvalue weighted by Gasteiger charge is 2.49. The topological polar surface area (TPSA) is 21.7 Å². The van der Waals surface area contributed by atoms with Crippen LogP contribution in [0, 0.1) is 0 Å². The zero-order valence-electron chi connectivity index (χ0n) is 33.2. The van der Waals surface area contributed by atoms with Gasteiger partial charge in [-0.25, -0.2) is 0 Å². The van der Waals surface area contributed by atoms with Gasteiger partial charge in [0.1, 0.15) is 12.2 Å². The molecule has 3 heteroatoms. The van der Waals surface area contributed by atoms with E-state index in [1.54, 1.807) is 0 Å². The molecule has 0 aromatic carbocycles. The summed E-state index contributed by atoms with van der Waals surface area (Å²) in [5.74, 6) is -0.298. The molecule has 2 fully saturated rings. The van der Waals surface area contributed by atoms with Gasteiger partial charge in [0, 0.05) is 25.9 Å². The summed E-state index contributed by atoms with van der Waals surface area (Å²) in [6, 6.07) is 0. The van der Waals surface area contributed by atoms with Gasteiger partial charge in [-0.3, -0.25) is 0 Å². The zero-order valence-corrected chi connectivity index (χ0v) is 33.2. The lowest BCUT2D eigenvalue weighted by Crippen LogP contribution is -2.34. The molecule has 1 unspecified atom stereocenters. The number of allylic oxidation sites excluding steroid dienone is 8. The number of hydrogen-bond acceptors (Lipinski definition) is 3. The van der Waals surface area contributed by atoms with Crippen molar-refractivity contribution >= 4 is 0 Å². The van der Waals surface area contributed by atoms with Crippen LogP contribution in [0.15, 0.2) is 48.6 Å². The molecule has 0 radical (unpaired) electrons. The van der Waals surface area contributed by atoms with E-state index in [0.717, 1.165) is 38.8 Å². The van der Waals surface area contributed by atoms with Crippen LogP contribution >= 0.6 is 0 Å². The van der Waals surface area contributed by atoms with Crippen molar-refractivity contribution in [3.63, 3.8) is 0 Å². The van der Waals surface area contributed by atoms with Gasteiger partial charge in [-0.15, -0.1) is 0 Å². The number of ether oxygens (including phenoxy) is 2. The summed E-state index contributed by atoms with van der Waals surface area (Å²) in [5, 5.41) is 0. The molecule has 0 aromatic heterocycles. The number of rotatable bonds is 34. The first-order valence-corrected chi connectivity index (χ1v) is 21.8. The predicted molar refractivity (Wildman–Crippen MR) is 216 cm³/mol. The molecule has 2 atom stereocenters. The van der Waals surface area contributed by atoms with Gasteiger partial charge < -0.3 is 14.4 Å². The normalized spacial score (nSPS) is 21.5. The molecular weight excluding hydrogens is 599 g/mol. The van der Waals surface area contributed by atoms with Crippen molar-refractivity contribution in [2.24, 2.45) is 0 Å². The number of likely N-dealkylation sites (tertiary alicyclic amines) is 1. The van der Waals surface area contributed by atoms with Gasteiger partial charge in [0.15, 0.2) is 5.79 Å². The average Bonchev–Trinajstić information content (AvgIpc) is 3.61. The highest BCUT2D eigenvalue weighted by molar-refractivity contribution is 4.95. The molecule has 0 amide bonds. The van der Waals surface area contributed by atoms with Crippen molar-refractivity contribution in [1.82, 2.24) is 4.90 Å². The van der Waals surface area contributed by atoms with Crippen LogP contribution < -0.4 is 0 Å². The van der Waals surface area contributed by atoms with Crippen LogP contribution in [0.1, 0.15) is 206 Å². The largest absolute Gasteiger partial charge is 0.343 e. The Morgan fingerprint density at radius 1 is 0.429 bits per heavy atom. The Hall–Kier alpha value is -1.16. The van der Waals surface area contributed by atoms with Crippen LogP contribution in [0.25, 0.3) is 0 Å². The van der Waals surface area contributed by atoms with Crippen molar-refractivity contribution in [2.45, 2.75) is 224 Å². The standard InChI is InChI=1S/C46H83NO2/c1-4-6-8-10-12-14-16-18-20-22-24-26-28-30-32-34-36-38-40-46(48-44-42-47(3)43-45(44)49-46)41-39-37-35-33-31-29-27-25-23-21-19-17-15-13-11-9-7-5-2/h12-15,18-21,44-45H,4-11,16-17,22-43H2,1-3H3/t44-,45?,46?/m0/s1. The molecule has 2 saturated heterocycles. The van der Waals surface area contributed by atoms with Crippen molar-refractivity contribution in [3.8, 4) is 0 Å². The summed E-state index contributed by atoms with van der Waals surface area (Å²) in [4.78, 5) is 2.37. The molecule has 2 aliphatic rings. The van der Waals surface area contributed by atoms with Crippen molar-refractivity contribution in [3.05, 3.63) is 48.6 Å². The molecule has 3 nitrogen and oxygen atoms in total. The Labute approximate surface area is 306 Å². The van der Waals surface area contributed by atoms with Gasteiger partial charge in [-0.1, -0.05) is 165 Å². The Morgan fingerprint density at radius 3 is 1.08 bits per heavy atom. The second kappa shape index (κ2) is 31.6. The third-order valence-electron chi connectivity index (χ3n) is 10.6. The molecule has 2 heterocycles. The SMILES string of the molecule is CCCCCC=CCC=CCCCCCCCCCCC1(CCCCCCCCCCC=CCC=CCCCCC)OC2CN(C)C[C@@H]2O1. The van der Waals surface area contributed by atoms with Gasteiger partial charge in [0.05, 0.1) is 0 Å². The quantitative estimate of drug-likeness (QED) is 0.0498. The smallest absolute Gasteiger partial charge is 0.169 e. The van der Waals surface area contributed by atoms with E-state index in [1.165, 1.54) is 167 Å².